The highest BCUT2D eigenvalue weighted by Gasteiger charge is 2.28. The molecule has 2 unspecified atom stereocenters. The Morgan fingerprint density at radius 1 is 1.39 bits per heavy atom. The molecule has 0 radical (unpaired) electrons. The maximum absolute atomic E-state index is 6.29. The number of hydrogen-bond acceptors (Lipinski definition) is 2. The molecule has 2 aromatic rings. The number of nitrogens with zero attached hydrogens (tertiary/aromatic N) is 3. The number of fused-ring (bicyclic) bond motifs is 1. The van der Waals surface area contributed by atoms with E-state index in [1.165, 1.54) is 19.3 Å². The van der Waals surface area contributed by atoms with E-state index in [1.807, 2.05) is 25.4 Å². The SMILES string of the molecule is CC(Cl)c1nc2cnccc2n1C(C)C1CCC1. The van der Waals surface area contributed by atoms with E-state index in [-0.39, 0.29) is 5.38 Å². The fraction of sp³-hybridized carbons (Fsp3) is 0.571. The minimum Gasteiger partial charge on any atom is -0.324 e. The summed E-state index contributed by atoms with van der Waals surface area (Å²) in [6.07, 6.45) is 7.65. The predicted molar refractivity (Wildman–Crippen MR) is 73.8 cm³/mol. The molecule has 96 valence electrons. The zero-order valence-corrected chi connectivity index (χ0v) is 11.6. The molecule has 0 N–H and O–H groups in total. The van der Waals surface area contributed by atoms with Crippen molar-refractivity contribution in [1.29, 1.82) is 0 Å². The first-order valence-electron chi connectivity index (χ1n) is 6.64. The Morgan fingerprint density at radius 2 is 2.17 bits per heavy atom. The Bertz CT molecular complexity index is 557. The van der Waals surface area contributed by atoms with Gasteiger partial charge in [0.2, 0.25) is 0 Å². The standard InChI is InChI=1S/C14H18ClN3/c1-9(15)14-17-12-8-16-7-6-13(12)18(14)10(2)11-4-3-5-11/h6-11H,3-5H2,1-2H3. The van der Waals surface area contributed by atoms with Crippen LogP contribution in [0.25, 0.3) is 11.0 Å². The monoisotopic (exact) mass is 263 g/mol. The van der Waals surface area contributed by atoms with Crippen molar-refractivity contribution in [2.75, 3.05) is 0 Å². The fourth-order valence-corrected chi connectivity index (χ4v) is 2.96. The Kier molecular flexibility index (Phi) is 3.02. The maximum Gasteiger partial charge on any atom is 0.128 e. The molecule has 4 heteroatoms. The topological polar surface area (TPSA) is 30.7 Å². The maximum atomic E-state index is 6.29. The summed E-state index contributed by atoms with van der Waals surface area (Å²) in [4.78, 5) is 8.79. The minimum absolute atomic E-state index is 0.0695. The highest BCUT2D eigenvalue weighted by molar-refractivity contribution is 6.20. The van der Waals surface area contributed by atoms with E-state index in [9.17, 15) is 0 Å². The molecule has 1 aliphatic rings. The van der Waals surface area contributed by atoms with Crippen molar-refractivity contribution >= 4 is 22.6 Å². The molecule has 3 nitrogen and oxygen atoms in total. The first-order valence-corrected chi connectivity index (χ1v) is 7.08. The summed E-state index contributed by atoms with van der Waals surface area (Å²) in [6, 6.07) is 2.52. The third kappa shape index (κ3) is 1.81. The molecule has 0 aliphatic heterocycles. The van der Waals surface area contributed by atoms with Crippen molar-refractivity contribution in [2.24, 2.45) is 5.92 Å². The summed E-state index contributed by atoms with van der Waals surface area (Å²) >= 11 is 6.29. The zero-order chi connectivity index (χ0) is 12.7. The Hall–Kier alpha value is -1.09. The number of imidazole rings is 1. The van der Waals surface area contributed by atoms with E-state index in [4.69, 9.17) is 11.6 Å². The van der Waals surface area contributed by atoms with Gasteiger partial charge in [-0.25, -0.2) is 4.98 Å². The van der Waals surface area contributed by atoms with Crippen LogP contribution in [0.3, 0.4) is 0 Å². The van der Waals surface area contributed by atoms with Crippen LogP contribution in [0.5, 0.6) is 0 Å². The Balaban J connectivity index is 2.14. The fourth-order valence-electron chi connectivity index (χ4n) is 2.81. The van der Waals surface area contributed by atoms with Gasteiger partial charge in [-0.2, -0.15) is 0 Å². The number of rotatable bonds is 3. The third-order valence-electron chi connectivity index (χ3n) is 4.11. The first-order chi connectivity index (χ1) is 8.68. The number of alkyl halides is 1. The third-order valence-corrected chi connectivity index (χ3v) is 4.31. The second-order valence-electron chi connectivity index (χ2n) is 5.25. The van der Waals surface area contributed by atoms with Crippen LogP contribution in [0, 0.1) is 5.92 Å². The summed E-state index contributed by atoms with van der Waals surface area (Å²) in [6.45, 7) is 4.27. The largest absolute Gasteiger partial charge is 0.324 e. The van der Waals surface area contributed by atoms with E-state index in [1.54, 1.807) is 0 Å². The van der Waals surface area contributed by atoms with Crippen molar-refractivity contribution in [1.82, 2.24) is 14.5 Å². The van der Waals surface area contributed by atoms with Gasteiger partial charge in [-0.05, 0) is 38.7 Å². The number of hydrogen-bond donors (Lipinski definition) is 0. The average Bonchev–Trinajstić information content (AvgIpc) is 2.65. The lowest BCUT2D eigenvalue weighted by Crippen LogP contribution is -2.24. The molecule has 2 heterocycles. The lowest BCUT2D eigenvalue weighted by molar-refractivity contribution is 0.223. The van der Waals surface area contributed by atoms with Crippen LogP contribution < -0.4 is 0 Å². The van der Waals surface area contributed by atoms with Gasteiger partial charge < -0.3 is 4.57 Å². The van der Waals surface area contributed by atoms with E-state index < -0.39 is 0 Å². The number of aromatic nitrogens is 3. The van der Waals surface area contributed by atoms with Gasteiger partial charge in [0, 0.05) is 12.2 Å². The molecule has 0 spiro atoms. The molecular weight excluding hydrogens is 246 g/mol. The summed E-state index contributed by atoms with van der Waals surface area (Å²) in [7, 11) is 0. The van der Waals surface area contributed by atoms with Crippen LogP contribution in [0.1, 0.15) is 50.4 Å². The smallest absolute Gasteiger partial charge is 0.128 e. The van der Waals surface area contributed by atoms with Gasteiger partial charge in [0.05, 0.1) is 17.1 Å². The molecule has 1 saturated carbocycles. The number of halogens is 1. The highest BCUT2D eigenvalue weighted by atomic mass is 35.5. The van der Waals surface area contributed by atoms with Gasteiger partial charge >= 0.3 is 0 Å². The van der Waals surface area contributed by atoms with Gasteiger partial charge in [-0.3, -0.25) is 4.98 Å². The Morgan fingerprint density at radius 3 is 2.78 bits per heavy atom. The summed E-state index contributed by atoms with van der Waals surface area (Å²) in [5.41, 5.74) is 2.11. The first kappa shape index (κ1) is 12.0. The predicted octanol–water partition coefficient (Wildman–Crippen LogP) is 4.09. The lowest BCUT2D eigenvalue weighted by Gasteiger charge is -2.33. The lowest BCUT2D eigenvalue weighted by atomic mass is 9.80. The van der Waals surface area contributed by atoms with E-state index >= 15 is 0 Å². The molecule has 1 fully saturated rings. The van der Waals surface area contributed by atoms with Crippen molar-refractivity contribution < 1.29 is 0 Å². The van der Waals surface area contributed by atoms with Gasteiger partial charge in [-0.1, -0.05) is 6.42 Å². The van der Waals surface area contributed by atoms with Crippen LogP contribution in [0.4, 0.5) is 0 Å². The van der Waals surface area contributed by atoms with Crippen molar-refractivity contribution in [3.8, 4) is 0 Å². The normalized spacial score (nSPS) is 19.7. The van der Waals surface area contributed by atoms with Gasteiger partial charge in [0.25, 0.3) is 0 Å². The molecular formula is C14H18ClN3. The zero-order valence-electron chi connectivity index (χ0n) is 10.8. The van der Waals surface area contributed by atoms with Gasteiger partial charge in [0.15, 0.2) is 0 Å². The molecule has 2 atom stereocenters. The minimum atomic E-state index is -0.0695. The van der Waals surface area contributed by atoms with Gasteiger partial charge in [0.1, 0.15) is 11.3 Å². The highest BCUT2D eigenvalue weighted by Crippen LogP contribution is 2.39. The van der Waals surface area contributed by atoms with Crippen LogP contribution >= 0.6 is 11.6 Å². The molecule has 18 heavy (non-hydrogen) atoms. The second kappa shape index (κ2) is 4.54. The summed E-state index contributed by atoms with van der Waals surface area (Å²) in [5, 5.41) is -0.0695. The molecule has 3 rings (SSSR count). The van der Waals surface area contributed by atoms with Crippen LogP contribution in [0.15, 0.2) is 18.5 Å². The molecule has 0 bridgehead atoms. The summed E-state index contributed by atoms with van der Waals surface area (Å²) in [5.74, 6) is 1.74. The Labute approximate surface area is 112 Å². The molecule has 0 aromatic carbocycles. The molecule has 2 aromatic heterocycles. The van der Waals surface area contributed by atoms with Crippen LogP contribution in [-0.2, 0) is 0 Å². The van der Waals surface area contributed by atoms with E-state index in [0.717, 1.165) is 22.8 Å². The van der Waals surface area contributed by atoms with E-state index in [0.29, 0.717) is 6.04 Å². The van der Waals surface area contributed by atoms with Crippen molar-refractivity contribution in [2.45, 2.75) is 44.5 Å². The summed E-state index contributed by atoms with van der Waals surface area (Å²) < 4.78 is 2.32. The second-order valence-corrected chi connectivity index (χ2v) is 5.91. The molecule has 0 saturated heterocycles. The van der Waals surface area contributed by atoms with Crippen LogP contribution in [-0.4, -0.2) is 14.5 Å². The van der Waals surface area contributed by atoms with E-state index in [2.05, 4.69) is 21.5 Å². The van der Waals surface area contributed by atoms with Crippen molar-refractivity contribution in [3.63, 3.8) is 0 Å². The van der Waals surface area contributed by atoms with Crippen LogP contribution in [0.2, 0.25) is 0 Å². The van der Waals surface area contributed by atoms with Gasteiger partial charge in [-0.15, -0.1) is 11.6 Å². The number of pyridine rings is 1. The average molecular weight is 264 g/mol. The van der Waals surface area contributed by atoms with Crippen molar-refractivity contribution in [3.05, 3.63) is 24.3 Å². The molecule has 0 amide bonds. The quantitative estimate of drug-likeness (QED) is 0.781. The molecule has 1 aliphatic carbocycles.